The van der Waals surface area contributed by atoms with E-state index in [0.717, 1.165) is 5.06 Å². The van der Waals surface area contributed by atoms with Crippen molar-refractivity contribution in [3.8, 4) is 0 Å². The van der Waals surface area contributed by atoms with Crippen LogP contribution in [0.2, 0.25) is 0 Å². The summed E-state index contributed by atoms with van der Waals surface area (Å²) in [6, 6.07) is 0. The molecular formula is C14H20N2O4. The predicted octanol–water partition coefficient (Wildman–Crippen LogP) is 2.21. The normalized spacial score (nSPS) is 14.7. The van der Waals surface area contributed by atoms with Gasteiger partial charge in [0.05, 0.1) is 12.7 Å². The number of rotatable bonds is 2. The fourth-order valence-corrected chi connectivity index (χ4v) is 1.36. The van der Waals surface area contributed by atoms with E-state index in [1.54, 1.807) is 39.0 Å². The number of hydroxylamine groups is 2. The van der Waals surface area contributed by atoms with E-state index in [2.05, 4.69) is 0 Å². The number of nitrogens with zero attached hydrogens (tertiary/aromatic N) is 2. The molecule has 0 aromatic rings. The van der Waals surface area contributed by atoms with E-state index in [4.69, 9.17) is 9.57 Å². The number of ether oxygens (including phenoxy) is 1. The molecule has 6 heteroatoms. The fraction of sp³-hybridized carbons (Fsp3) is 0.429. The summed E-state index contributed by atoms with van der Waals surface area (Å²) < 4.78 is 5.25. The molecule has 0 aromatic heterocycles. The zero-order chi connectivity index (χ0) is 15.3. The van der Waals surface area contributed by atoms with Crippen LogP contribution >= 0.6 is 0 Å². The van der Waals surface area contributed by atoms with Crippen LogP contribution in [0.3, 0.4) is 0 Å². The summed E-state index contributed by atoms with van der Waals surface area (Å²) in [6.45, 7) is 5.33. The summed E-state index contributed by atoms with van der Waals surface area (Å²) in [6.07, 6.45) is 7.29. The maximum atomic E-state index is 12.0. The smallest absolute Gasteiger partial charge is 0.418 e. The quantitative estimate of drug-likeness (QED) is 0.728. The summed E-state index contributed by atoms with van der Waals surface area (Å²) in [7, 11) is 2.88. The number of hydrogen-bond acceptors (Lipinski definition) is 4. The molecule has 0 saturated carbocycles. The molecule has 0 fully saturated rings. The fourth-order valence-electron chi connectivity index (χ4n) is 1.36. The van der Waals surface area contributed by atoms with Gasteiger partial charge in [0.2, 0.25) is 0 Å². The van der Waals surface area contributed by atoms with Crippen molar-refractivity contribution in [1.29, 1.82) is 0 Å². The van der Waals surface area contributed by atoms with Gasteiger partial charge in [-0.1, -0.05) is 6.08 Å². The van der Waals surface area contributed by atoms with Gasteiger partial charge in [-0.25, -0.2) is 9.86 Å². The highest BCUT2D eigenvalue weighted by Crippen LogP contribution is 2.14. The lowest BCUT2D eigenvalue weighted by Crippen LogP contribution is -2.32. The highest BCUT2D eigenvalue weighted by Gasteiger charge is 2.22. The third-order valence-corrected chi connectivity index (χ3v) is 2.32. The first kappa shape index (κ1) is 16.0. The predicted molar refractivity (Wildman–Crippen MR) is 74.2 cm³/mol. The summed E-state index contributed by atoms with van der Waals surface area (Å²) in [5.74, 6) is -0.360. The summed E-state index contributed by atoms with van der Waals surface area (Å²) in [5.41, 5.74) is -0.295. The van der Waals surface area contributed by atoms with Gasteiger partial charge in [0.15, 0.2) is 0 Å². The van der Waals surface area contributed by atoms with Crippen LogP contribution in [0.25, 0.3) is 0 Å². The Morgan fingerprint density at radius 1 is 1.25 bits per heavy atom. The molecule has 0 radical (unpaired) electrons. The van der Waals surface area contributed by atoms with E-state index >= 15 is 0 Å². The minimum Gasteiger partial charge on any atom is -0.443 e. The standard InChI is InChI=1S/C14H20N2O4/c1-14(2,3)20-13(18)16-9-7-6-8-11(10-16)12(17)15(4)19-5/h6-10H,1-5H3. The second-order valence-electron chi connectivity index (χ2n) is 5.16. The van der Waals surface area contributed by atoms with Crippen molar-refractivity contribution in [2.45, 2.75) is 26.4 Å². The van der Waals surface area contributed by atoms with E-state index < -0.39 is 11.7 Å². The van der Waals surface area contributed by atoms with Gasteiger partial charge in [-0.05, 0) is 32.9 Å². The Balaban J connectivity index is 2.93. The molecule has 0 atom stereocenters. The SMILES string of the molecule is CON(C)C(=O)C1=CN(C(=O)OC(C)(C)C)C=CC=C1. The molecule has 0 saturated heterocycles. The Bertz CT molecular complexity index is 472. The van der Waals surface area contributed by atoms with E-state index in [1.165, 1.54) is 31.5 Å². The van der Waals surface area contributed by atoms with Crippen molar-refractivity contribution in [3.05, 3.63) is 36.2 Å². The zero-order valence-electron chi connectivity index (χ0n) is 12.4. The second-order valence-corrected chi connectivity index (χ2v) is 5.16. The van der Waals surface area contributed by atoms with Crippen LogP contribution in [0.15, 0.2) is 36.2 Å². The highest BCUT2D eigenvalue weighted by atomic mass is 16.7. The lowest BCUT2D eigenvalue weighted by molar-refractivity contribution is -0.163. The minimum absolute atomic E-state index is 0.310. The van der Waals surface area contributed by atoms with Crippen molar-refractivity contribution >= 4 is 12.0 Å². The molecule has 0 N–H and O–H groups in total. The van der Waals surface area contributed by atoms with Crippen LogP contribution < -0.4 is 0 Å². The first-order valence-electron chi connectivity index (χ1n) is 6.15. The minimum atomic E-state index is -0.605. The molecule has 20 heavy (non-hydrogen) atoms. The Labute approximate surface area is 118 Å². The number of amides is 2. The van der Waals surface area contributed by atoms with E-state index in [9.17, 15) is 9.59 Å². The van der Waals surface area contributed by atoms with Crippen LogP contribution in [-0.4, -0.2) is 41.7 Å². The summed E-state index contributed by atoms with van der Waals surface area (Å²) in [4.78, 5) is 30.1. The summed E-state index contributed by atoms with van der Waals surface area (Å²) in [5, 5.41) is 1.08. The largest absolute Gasteiger partial charge is 0.443 e. The molecule has 0 aromatic carbocycles. The molecule has 2 amide bonds. The molecule has 6 nitrogen and oxygen atoms in total. The number of likely N-dealkylation sites (N-methyl/N-ethyl adjacent to an activating group) is 1. The van der Waals surface area contributed by atoms with Crippen LogP contribution in [0.4, 0.5) is 4.79 Å². The monoisotopic (exact) mass is 280 g/mol. The van der Waals surface area contributed by atoms with Gasteiger partial charge in [0, 0.05) is 19.4 Å². The third-order valence-electron chi connectivity index (χ3n) is 2.32. The highest BCUT2D eigenvalue weighted by molar-refractivity contribution is 5.96. The van der Waals surface area contributed by atoms with Gasteiger partial charge in [0.1, 0.15) is 5.60 Å². The molecule has 0 aliphatic carbocycles. The molecule has 0 bridgehead atoms. The van der Waals surface area contributed by atoms with Gasteiger partial charge in [-0.2, -0.15) is 0 Å². The van der Waals surface area contributed by atoms with Gasteiger partial charge in [-0.15, -0.1) is 0 Å². The van der Waals surface area contributed by atoms with Gasteiger partial charge < -0.3 is 4.74 Å². The first-order chi connectivity index (χ1) is 9.24. The lowest BCUT2D eigenvalue weighted by Gasteiger charge is -2.23. The van der Waals surface area contributed by atoms with Crippen LogP contribution in [0, 0.1) is 0 Å². The van der Waals surface area contributed by atoms with Crippen molar-refractivity contribution in [3.63, 3.8) is 0 Å². The summed E-state index contributed by atoms with van der Waals surface area (Å²) >= 11 is 0. The molecular weight excluding hydrogens is 260 g/mol. The van der Waals surface area contributed by atoms with Crippen molar-refractivity contribution in [1.82, 2.24) is 9.96 Å². The Kier molecular flexibility index (Phi) is 5.10. The molecule has 1 heterocycles. The Morgan fingerprint density at radius 3 is 2.45 bits per heavy atom. The van der Waals surface area contributed by atoms with Gasteiger partial charge >= 0.3 is 6.09 Å². The number of carbonyl (C=O) groups excluding carboxylic acids is 2. The molecule has 0 spiro atoms. The Morgan fingerprint density at radius 2 is 1.90 bits per heavy atom. The van der Waals surface area contributed by atoms with Gasteiger partial charge in [-0.3, -0.25) is 14.5 Å². The lowest BCUT2D eigenvalue weighted by atomic mass is 10.2. The maximum Gasteiger partial charge on any atom is 0.418 e. The first-order valence-corrected chi connectivity index (χ1v) is 6.15. The molecule has 1 rings (SSSR count). The number of allylic oxidation sites excluding steroid dienone is 2. The van der Waals surface area contributed by atoms with Crippen molar-refractivity contribution in [2.24, 2.45) is 0 Å². The molecule has 0 unspecified atom stereocenters. The van der Waals surface area contributed by atoms with Crippen LogP contribution in [-0.2, 0) is 14.4 Å². The van der Waals surface area contributed by atoms with E-state index in [1.807, 2.05) is 0 Å². The second kappa shape index (κ2) is 6.38. The van der Waals surface area contributed by atoms with Crippen molar-refractivity contribution in [2.75, 3.05) is 14.2 Å². The molecule has 1 aliphatic heterocycles. The zero-order valence-corrected chi connectivity index (χ0v) is 12.4. The number of hydrogen-bond donors (Lipinski definition) is 0. The van der Waals surface area contributed by atoms with E-state index in [0.29, 0.717) is 5.57 Å². The average molecular weight is 280 g/mol. The van der Waals surface area contributed by atoms with Crippen LogP contribution in [0.1, 0.15) is 20.8 Å². The van der Waals surface area contributed by atoms with Crippen LogP contribution in [0.5, 0.6) is 0 Å². The maximum absolute atomic E-state index is 12.0. The number of carbonyl (C=O) groups is 2. The average Bonchev–Trinajstić information content (AvgIpc) is 2.60. The molecule has 110 valence electrons. The van der Waals surface area contributed by atoms with Gasteiger partial charge in [0.25, 0.3) is 5.91 Å². The third kappa shape index (κ3) is 4.55. The molecule has 1 aliphatic rings. The van der Waals surface area contributed by atoms with E-state index in [-0.39, 0.29) is 5.91 Å². The topological polar surface area (TPSA) is 59.1 Å². The van der Waals surface area contributed by atoms with Crippen molar-refractivity contribution < 1.29 is 19.2 Å². The Hall–Kier alpha value is -2.08.